The van der Waals surface area contributed by atoms with Crippen LogP contribution in [0.25, 0.3) is 21.9 Å². The van der Waals surface area contributed by atoms with E-state index in [9.17, 15) is 13.6 Å². The number of carbonyl (C=O) groups excluding carboxylic acids is 1. The van der Waals surface area contributed by atoms with Crippen molar-refractivity contribution in [3.8, 4) is 16.9 Å². The van der Waals surface area contributed by atoms with E-state index in [1.54, 1.807) is 6.07 Å². The number of carbonyl (C=O) groups is 1. The second-order valence-electron chi connectivity index (χ2n) is 11.4. The highest BCUT2D eigenvalue weighted by molar-refractivity contribution is 6.02. The third-order valence-corrected chi connectivity index (χ3v) is 7.14. The maximum Gasteiger partial charge on any atom is 0.306 e. The lowest BCUT2D eigenvalue weighted by atomic mass is 9.86. The zero-order chi connectivity index (χ0) is 29.0. The van der Waals surface area contributed by atoms with Crippen molar-refractivity contribution in [3.63, 3.8) is 0 Å². The lowest BCUT2D eigenvalue weighted by Crippen LogP contribution is -2.24. The standard InChI is InChI=1S/C34H35F2NO4/c1-34(2,3)41-30(38)15-14-28-32-25(10-7-11-29(32)40-21-22-8-5-4-6-9-22)31(24-12-13-26(35)27(36)20-24)33(37-28)23-16-18-39-19-17-23/h4-13,20,23H,14-19,21H2,1-3H3. The Hall–Kier alpha value is -3.84. The molecular weight excluding hydrogens is 524 g/mol. The molecule has 0 bridgehead atoms. The van der Waals surface area contributed by atoms with Crippen molar-refractivity contribution in [1.29, 1.82) is 0 Å². The van der Waals surface area contributed by atoms with Gasteiger partial charge >= 0.3 is 5.97 Å². The van der Waals surface area contributed by atoms with Crippen molar-refractivity contribution in [2.45, 2.75) is 64.6 Å². The van der Waals surface area contributed by atoms with Gasteiger partial charge in [0.05, 0.1) is 17.8 Å². The van der Waals surface area contributed by atoms with Gasteiger partial charge in [-0.15, -0.1) is 0 Å². The molecular formula is C34H35F2NO4. The third kappa shape index (κ3) is 6.91. The minimum Gasteiger partial charge on any atom is -0.488 e. The van der Waals surface area contributed by atoms with Crippen LogP contribution in [0, 0.1) is 11.6 Å². The first-order valence-electron chi connectivity index (χ1n) is 14.1. The number of aromatic nitrogens is 1. The minimum atomic E-state index is -0.918. The molecule has 0 N–H and O–H groups in total. The fourth-order valence-corrected chi connectivity index (χ4v) is 5.30. The van der Waals surface area contributed by atoms with Gasteiger partial charge in [-0.25, -0.2) is 8.78 Å². The van der Waals surface area contributed by atoms with Crippen LogP contribution >= 0.6 is 0 Å². The van der Waals surface area contributed by atoms with E-state index < -0.39 is 17.2 Å². The molecule has 0 aliphatic carbocycles. The molecule has 1 aliphatic heterocycles. The van der Waals surface area contributed by atoms with Crippen molar-refractivity contribution < 1.29 is 27.8 Å². The van der Waals surface area contributed by atoms with Gasteiger partial charge in [0, 0.05) is 36.5 Å². The summed E-state index contributed by atoms with van der Waals surface area (Å²) in [6.45, 7) is 7.05. The van der Waals surface area contributed by atoms with Crippen LogP contribution in [0.4, 0.5) is 8.78 Å². The number of hydrogen-bond acceptors (Lipinski definition) is 5. The second-order valence-corrected chi connectivity index (χ2v) is 11.4. The predicted octanol–water partition coefficient (Wildman–Crippen LogP) is 7.93. The zero-order valence-electron chi connectivity index (χ0n) is 23.7. The fraction of sp³-hybridized carbons (Fsp3) is 0.353. The molecule has 4 aromatic rings. The Morgan fingerprint density at radius 3 is 2.44 bits per heavy atom. The van der Waals surface area contributed by atoms with Gasteiger partial charge in [-0.1, -0.05) is 48.5 Å². The van der Waals surface area contributed by atoms with Gasteiger partial charge in [-0.2, -0.15) is 0 Å². The summed E-state index contributed by atoms with van der Waals surface area (Å²) in [4.78, 5) is 17.9. The summed E-state index contributed by atoms with van der Waals surface area (Å²) >= 11 is 0. The van der Waals surface area contributed by atoms with Crippen LogP contribution < -0.4 is 4.74 Å². The molecule has 1 saturated heterocycles. The highest BCUT2D eigenvalue weighted by Crippen LogP contribution is 2.42. The van der Waals surface area contributed by atoms with Crippen LogP contribution in [-0.2, 0) is 27.3 Å². The third-order valence-electron chi connectivity index (χ3n) is 7.14. The van der Waals surface area contributed by atoms with E-state index in [0.29, 0.717) is 43.2 Å². The summed E-state index contributed by atoms with van der Waals surface area (Å²) in [7, 11) is 0. The van der Waals surface area contributed by atoms with Gasteiger partial charge in [0.2, 0.25) is 0 Å². The average Bonchev–Trinajstić information content (AvgIpc) is 2.96. The van der Waals surface area contributed by atoms with E-state index in [1.807, 2.05) is 69.3 Å². The number of ether oxygens (including phenoxy) is 3. The van der Waals surface area contributed by atoms with Gasteiger partial charge < -0.3 is 14.2 Å². The lowest BCUT2D eigenvalue weighted by molar-refractivity contribution is -0.154. The maximum atomic E-state index is 14.6. The summed E-state index contributed by atoms with van der Waals surface area (Å²) in [6.07, 6.45) is 1.99. The van der Waals surface area contributed by atoms with E-state index in [4.69, 9.17) is 19.2 Å². The topological polar surface area (TPSA) is 57.7 Å². The molecule has 0 radical (unpaired) electrons. The van der Waals surface area contributed by atoms with Gasteiger partial charge in [-0.05, 0) is 68.3 Å². The Morgan fingerprint density at radius 1 is 0.976 bits per heavy atom. The first-order chi connectivity index (χ1) is 19.7. The summed E-state index contributed by atoms with van der Waals surface area (Å²) in [5.41, 5.74) is 3.21. The maximum absolute atomic E-state index is 14.6. The van der Waals surface area contributed by atoms with E-state index >= 15 is 0 Å². The van der Waals surface area contributed by atoms with E-state index in [-0.39, 0.29) is 18.3 Å². The smallest absolute Gasteiger partial charge is 0.306 e. The van der Waals surface area contributed by atoms with Crippen LogP contribution in [0.5, 0.6) is 5.75 Å². The van der Waals surface area contributed by atoms with E-state index in [1.165, 1.54) is 6.07 Å². The molecule has 7 heteroatoms. The normalized spacial score (nSPS) is 14.3. The van der Waals surface area contributed by atoms with Gasteiger partial charge in [0.1, 0.15) is 18.0 Å². The largest absolute Gasteiger partial charge is 0.488 e. The number of hydrogen-bond donors (Lipinski definition) is 0. The first kappa shape index (κ1) is 28.7. The van der Waals surface area contributed by atoms with Crippen molar-refractivity contribution in [2.24, 2.45) is 0 Å². The minimum absolute atomic E-state index is 0.0606. The highest BCUT2D eigenvalue weighted by Gasteiger charge is 2.27. The predicted molar refractivity (Wildman–Crippen MR) is 155 cm³/mol. The summed E-state index contributed by atoms with van der Waals surface area (Å²) < 4.78 is 46.1. The van der Waals surface area contributed by atoms with Crippen LogP contribution in [0.15, 0.2) is 66.7 Å². The van der Waals surface area contributed by atoms with Gasteiger partial charge in [0.15, 0.2) is 11.6 Å². The molecule has 0 atom stereocenters. The Balaban J connectivity index is 1.67. The molecule has 0 unspecified atom stereocenters. The van der Waals surface area contributed by atoms with Crippen LogP contribution in [-0.4, -0.2) is 29.8 Å². The van der Waals surface area contributed by atoms with Crippen molar-refractivity contribution in [2.75, 3.05) is 13.2 Å². The van der Waals surface area contributed by atoms with E-state index in [2.05, 4.69) is 0 Å². The van der Waals surface area contributed by atoms with Gasteiger partial charge in [0.25, 0.3) is 0 Å². The quantitative estimate of drug-likeness (QED) is 0.205. The zero-order valence-corrected chi connectivity index (χ0v) is 23.7. The molecule has 0 spiro atoms. The van der Waals surface area contributed by atoms with Crippen LogP contribution in [0.1, 0.15) is 62.9 Å². The highest BCUT2D eigenvalue weighted by atomic mass is 19.2. The molecule has 5 rings (SSSR count). The Kier molecular flexibility index (Phi) is 8.64. The van der Waals surface area contributed by atoms with Crippen LogP contribution in [0.2, 0.25) is 0 Å². The first-order valence-corrected chi connectivity index (χ1v) is 14.1. The Bertz CT molecular complexity index is 1530. The fourth-order valence-electron chi connectivity index (χ4n) is 5.30. The molecule has 5 nitrogen and oxygen atoms in total. The molecule has 3 aromatic carbocycles. The molecule has 1 aliphatic rings. The molecule has 0 amide bonds. The Morgan fingerprint density at radius 2 is 1.73 bits per heavy atom. The molecule has 214 valence electrons. The lowest BCUT2D eigenvalue weighted by Gasteiger charge is -2.26. The second kappa shape index (κ2) is 12.4. The average molecular weight is 560 g/mol. The molecule has 41 heavy (non-hydrogen) atoms. The summed E-state index contributed by atoms with van der Waals surface area (Å²) in [5, 5.41) is 1.57. The number of fused-ring (bicyclic) bond motifs is 1. The number of benzene rings is 3. The number of rotatable bonds is 8. The molecule has 2 heterocycles. The van der Waals surface area contributed by atoms with Crippen molar-refractivity contribution >= 4 is 16.7 Å². The molecule has 1 fully saturated rings. The van der Waals surface area contributed by atoms with E-state index in [0.717, 1.165) is 46.5 Å². The van der Waals surface area contributed by atoms with Gasteiger partial charge in [-0.3, -0.25) is 9.78 Å². The summed E-state index contributed by atoms with van der Waals surface area (Å²) in [5.74, 6) is -1.46. The number of nitrogens with zero attached hydrogens (tertiary/aromatic N) is 1. The molecule has 0 saturated carbocycles. The SMILES string of the molecule is CC(C)(C)OC(=O)CCc1nc(C2CCOCC2)c(-c2ccc(F)c(F)c2)c2cccc(OCc3ccccc3)c12. The monoisotopic (exact) mass is 559 g/mol. The van der Waals surface area contributed by atoms with Crippen molar-refractivity contribution in [1.82, 2.24) is 4.98 Å². The number of esters is 1. The van der Waals surface area contributed by atoms with Crippen molar-refractivity contribution in [3.05, 3.63) is 95.3 Å². The van der Waals surface area contributed by atoms with Crippen LogP contribution in [0.3, 0.4) is 0 Å². The number of aryl methyl sites for hydroxylation is 1. The number of halogens is 2. The molecule has 1 aromatic heterocycles. The summed E-state index contributed by atoms with van der Waals surface area (Å²) in [6, 6.07) is 19.6. The number of pyridine rings is 1. The Labute approximate surface area is 239 Å².